The number of nitrogens with zero attached hydrogens (tertiary/aromatic N) is 4. The maximum Gasteiger partial charge on any atom is 0.417 e. The van der Waals surface area contributed by atoms with Crippen molar-refractivity contribution in [3.8, 4) is 34.6 Å². The monoisotopic (exact) mass is 738 g/mol. The average Bonchev–Trinajstić information content (AvgIpc) is 3.65. The van der Waals surface area contributed by atoms with Crippen LogP contribution in [0.3, 0.4) is 0 Å². The highest BCUT2D eigenvalue weighted by Gasteiger charge is 2.37. The molecule has 0 aliphatic heterocycles. The third-order valence-electron chi connectivity index (χ3n) is 9.49. The van der Waals surface area contributed by atoms with Gasteiger partial charge in [0.25, 0.3) is 0 Å². The molecule has 0 saturated heterocycles. The van der Waals surface area contributed by atoms with Gasteiger partial charge in [-0.05, 0) is 66.7 Å². The molecule has 0 spiro atoms. The molecule has 4 nitrogen and oxygen atoms in total. The van der Waals surface area contributed by atoms with E-state index in [-0.39, 0.29) is 55.4 Å². The third-order valence-corrected chi connectivity index (χ3v) is 9.49. The van der Waals surface area contributed by atoms with Gasteiger partial charge in [-0.25, -0.2) is 0 Å². The van der Waals surface area contributed by atoms with E-state index in [4.69, 9.17) is 0 Å². The van der Waals surface area contributed by atoms with Gasteiger partial charge in [-0.3, -0.25) is 0 Å². The van der Waals surface area contributed by atoms with Gasteiger partial charge in [0.05, 0.1) is 61.8 Å². The van der Waals surface area contributed by atoms with E-state index in [2.05, 4.69) is 6.07 Å². The van der Waals surface area contributed by atoms with Gasteiger partial charge in [-0.15, -0.1) is 0 Å². The Hall–Kier alpha value is -6.73. The fourth-order valence-electron chi connectivity index (χ4n) is 7.28. The van der Waals surface area contributed by atoms with Crippen molar-refractivity contribution in [2.45, 2.75) is 18.5 Å². The number of aromatic nitrogens is 2. The Kier molecular flexibility index (Phi) is 7.57. The van der Waals surface area contributed by atoms with E-state index in [0.29, 0.717) is 16.3 Å². The standard InChI is InChI=1S/C41H19F9N4/c42-39(43,44)23-12-15-34-28(18-23)25-7-1-3-10-32(25)53(34)36-17-14-27(37-22(20-51)6-5-9-31(37)41(48,49)50)38(30(36)21-52)54-33-11-4-2-8-26(33)29-19-24(40(45,46)47)13-16-35(29)54/h1-19H. The van der Waals surface area contributed by atoms with Crippen LogP contribution in [0.1, 0.15) is 27.8 Å². The van der Waals surface area contributed by atoms with Crippen LogP contribution in [-0.4, -0.2) is 9.13 Å². The molecule has 13 heteroatoms. The molecule has 0 unspecified atom stereocenters. The second-order valence-corrected chi connectivity index (χ2v) is 12.5. The van der Waals surface area contributed by atoms with Crippen molar-refractivity contribution < 1.29 is 39.5 Å². The molecular weight excluding hydrogens is 719 g/mol. The molecule has 0 bridgehead atoms. The van der Waals surface area contributed by atoms with E-state index in [1.165, 1.54) is 33.4 Å². The van der Waals surface area contributed by atoms with Crippen LogP contribution in [0.2, 0.25) is 0 Å². The average molecular weight is 739 g/mol. The minimum absolute atomic E-state index is 0.0584. The molecule has 6 aromatic carbocycles. The lowest BCUT2D eigenvalue weighted by Crippen LogP contribution is -2.11. The molecular formula is C41H19F9N4. The van der Waals surface area contributed by atoms with Crippen LogP contribution in [0, 0.1) is 22.7 Å². The topological polar surface area (TPSA) is 57.4 Å². The number of rotatable bonds is 3. The van der Waals surface area contributed by atoms with E-state index in [0.717, 1.165) is 42.5 Å². The Morgan fingerprint density at radius 2 is 0.981 bits per heavy atom. The molecule has 266 valence electrons. The Balaban J connectivity index is 1.59. The first-order chi connectivity index (χ1) is 25.6. The summed E-state index contributed by atoms with van der Waals surface area (Å²) in [6, 6.07) is 28.3. The predicted octanol–water partition coefficient (Wildman–Crippen LogP) is 12.3. The first-order valence-electron chi connectivity index (χ1n) is 16.0. The maximum absolute atomic E-state index is 14.8. The molecule has 54 heavy (non-hydrogen) atoms. The summed E-state index contributed by atoms with van der Waals surface area (Å²) in [5.74, 6) is 0. The molecule has 0 atom stereocenters. The zero-order chi connectivity index (χ0) is 38.3. The fraction of sp³-hybridized carbons (Fsp3) is 0.0732. The van der Waals surface area contributed by atoms with Crippen LogP contribution in [0.15, 0.2) is 115 Å². The summed E-state index contributed by atoms with van der Waals surface area (Å²) in [6.45, 7) is 0. The summed E-state index contributed by atoms with van der Waals surface area (Å²) in [5, 5.41) is 22.1. The summed E-state index contributed by atoms with van der Waals surface area (Å²) in [4.78, 5) is 0. The van der Waals surface area contributed by atoms with E-state index in [1.54, 1.807) is 48.5 Å². The van der Waals surface area contributed by atoms with Crippen LogP contribution in [-0.2, 0) is 18.5 Å². The zero-order valence-electron chi connectivity index (χ0n) is 27.2. The highest BCUT2D eigenvalue weighted by molar-refractivity contribution is 6.12. The molecule has 0 N–H and O–H groups in total. The van der Waals surface area contributed by atoms with E-state index in [9.17, 15) is 50.0 Å². The molecule has 0 amide bonds. The lowest BCUT2D eigenvalue weighted by molar-refractivity contribution is -0.138. The van der Waals surface area contributed by atoms with Crippen LogP contribution >= 0.6 is 0 Å². The molecule has 0 radical (unpaired) electrons. The van der Waals surface area contributed by atoms with Crippen molar-refractivity contribution in [3.05, 3.63) is 143 Å². The summed E-state index contributed by atoms with van der Waals surface area (Å²) >= 11 is 0. The molecule has 0 saturated carbocycles. The highest BCUT2D eigenvalue weighted by Crippen LogP contribution is 2.47. The maximum atomic E-state index is 14.8. The van der Waals surface area contributed by atoms with Crippen LogP contribution in [0.4, 0.5) is 39.5 Å². The van der Waals surface area contributed by atoms with Crippen molar-refractivity contribution in [1.82, 2.24) is 9.13 Å². The van der Waals surface area contributed by atoms with Crippen molar-refractivity contribution in [2.24, 2.45) is 0 Å². The van der Waals surface area contributed by atoms with Gasteiger partial charge in [-0.1, -0.05) is 48.5 Å². The molecule has 0 aliphatic carbocycles. The SMILES string of the molecule is N#Cc1cccc(C(F)(F)F)c1-c1ccc(-n2c3ccccc3c3cc(C(F)(F)F)ccc32)c(C#N)c1-n1c2ccccc2c2cc(C(F)(F)F)ccc21. The van der Waals surface area contributed by atoms with Crippen LogP contribution in [0.5, 0.6) is 0 Å². The van der Waals surface area contributed by atoms with E-state index >= 15 is 0 Å². The number of para-hydroxylation sites is 2. The highest BCUT2D eigenvalue weighted by atomic mass is 19.4. The van der Waals surface area contributed by atoms with Gasteiger partial charge in [0.1, 0.15) is 11.6 Å². The fourth-order valence-corrected chi connectivity index (χ4v) is 7.28. The first-order valence-corrected chi connectivity index (χ1v) is 16.0. The molecule has 0 fully saturated rings. The van der Waals surface area contributed by atoms with Gasteiger partial charge in [0.15, 0.2) is 0 Å². The second-order valence-electron chi connectivity index (χ2n) is 12.5. The van der Waals surface area contributed by atoms with Gasteiger partial charge in [-0.2, -0.15) is 50.0 Å². The van der Waals surface area contributed by atoms with Crippen LogP contribution in [0.25, 0.3) is 66.1 Å². The largest absolute Gasteiger partial charge is 0.417 e. The number of nitriles is 2. The smallest absolute Gasteiger partial charge is 0.308 e. The molecule has 0 aliphatic rings. The second kappa shape index (κ2) is 11.9. The quantitative estimate of drug-likeness (QED) is 0.170. The van der Waals surface area contributed by atoms with Gasteiger partial charge in [0, 0.05) is 32.7 Å². The Morgan fingerprint density at radius 1 is 0.463 bits per heavy atom. The summed E-state index contributed by atoms with van der Waals surface area (Å²) in [7, 11) is 0. The van der Waals surface area contributed by atoms with Crippen molar-refractivity contribution >= 4 is 43.6 Å². The summed E-state index contributed by atoms with van der Waals surface area (Å²) in [5.41, 5.74) is -3.74. The predicted molar refractivity (Wildman–Crippen MR) is 185 cm³/mol. The normalized spacial score (nSPS) is 12.5. The number of halogens is 9. The van der Waals surface area contributed by atoms with Gasteiger partial charge < -0.3 is 9.13 Å². The minimum Gasteiger partial charge on any atom is -0.308 e. The third kappa shape index (κ3) is 5.23. The summed E-state index contributed by atoms with van der Waals surface area (Å²) in [6.07, 6.45) is -14.4. The number of hydrogen-bond donors (Lipinski definition) is 0. The molecule has 2 aromatic heterocycles. The number of alkyl halides is 9. The van der Waals surface area contributed by atoms with Crippen LogP contribution < -0.4 is 0 Å². The Bertz CT molecular complexity index is 2930. The van der Waals surface area contributed by atoms with Crippen molar-refractivity contribution in [2.75, 3.05) is 0 Å². The van der Waals surface area contributed by atoms with Crippen molar-refractivity contribution in [3.63, 3.8) is 0 Å². The van der Waals surface area contributed by atoms with E-state index in [1.807, 2.05) is 6.07 Å². The lowest BCUT2D eigenvalue weighted by atomic mass is 9.90. The molecule has 2 heterocycles. The molecule has 8 aromatic rings. The van der Waals surface area contributed by atoms with Crippen molar-refractivity contribution in [1.29, 1.82) is 10.5 Å². The Labute approximate surface area is 298 Å². The molecule has 8 rings (SSSR count). The lowest BCUT2D eigenvalue weighted by Gasteiger charge is -2.22. The summed E-state index contributed by atoms with van der Waals surface area (Å²) < 4.78 is 131. The minimum atomic E-state index is -4.99. The number of fused-ring (bicyclic) bond motifs is 6. The number of benzene rings is 6. The van der Waals surface area contributed by atoms with E-state index < -0.39 is 40.8 Å². The van der Waals surface area contributed by atoms with Gasteiger partial charge >= 0.3 is 18.5 Å². The zero-order valence-corrected chi connectivity index (χ0v) is 27.2. The first kappa shape index (κ1) is 34.4. The Morgan fingerprint density at radius 3 is 1.50 bits per heavy atom. The van der Waals surface area contributed by atoms with Gasteiger partial charge in [0.2, 0.25) is 0 Å². The number of hydrogen-bond acceptors (Lipinski definition) is 2.